The fourth-order valence-electron chi connectivity index (χ4n) is 1.78. The van der Waals surface area contributed by atoms with Crippen LogP contribution >= 0.6 is 0 Å². The first-order chi connectivity index (χ1) is 8.21. The maximum atomic E-state index is 12.1. The van der Waals surface area contributed by atoms with E-state index >= 15 is 0 Å². The van der Waals surface area contributed by atoms with E-state index in [9.17, 15) is 9.90 Å². The van der Waals surface area contributed by atoms with Gasteiger partial charge in [-0.25, -0.2) is 0 Å². The van der Waals surface area contributed by atoms with E-state index in [1.54, 1.807) is 12.1 Å². The molecular weight excluding hydrogens is 220 g/mol. The molecule has 0 atom stereocenters. The van der Waals surface area contributed by atoms with Crippen LogP contribution in [0.25, 0.3) is 0 Å². The molecule has 0 aliphatic carbocycles. The minimum atomic E-state index is -0.626. The molecule has 1 aromatic carbocycles. The SMILES string of the molecule is NCc1ccccc1C(=O)NC1(CO)COC1. The number of rotatable bonds is 4. The number of hydrogen-bond acceptors (Lipinski definition) is 4. The lowest BCUT2D eigenvalue weighted by Gasteiger charge is -2.40. The van der Waals surface area contributed by atoms with Crippen LogP contribution in [-0.4, -0.2) is 36.4 Å². The molecule has 5 nitrogen and oxygen atoms in total. The highest BCUT2D eigenvalue weighted by molar-refractivity contribution is 5.96. The van der Waals surface area contributed by atoms with E-state index in [1.807, 2.05) is 12.1 Å². The Bertz CT molecular complexity index is 410. The Kier molecular flexibility index (Phi) is 3.42. The molecule has 0 bridgehead atoms. The first-order valence-corrected chi connectivity index (χ1v) is 5.50. The molecule has 0 saturated carbocycles. The Morgan fingerprint density at radius 3 is 2.71 bits per heavy atom. The summed E-state index contributed by atoms with van der Waals surface area (Å²) in [5, 5.41) is 12.0. The van der Waals surface area contributed by atoms with Gasteiger partial charge in [-0.2, -0.15) is 0 Å². The molecule has 0 radical (unpaired) electrons. The maximum absolute atomic E-state index is 12.1. The van der Waals surface area contributed by atoms with Crippen LogP contribution < -0.4 is 11.1 Å². The van der Waals surface area contributed by atoms with Crippen molar-refractivity contribution in [3.8, 4) is 0 Å². The molecule has 0 spiro atoms. The second kappa shape index (κ2) is 4.83. The Balaban J connectivity index is 2.14. The second-order valence-corrected chi connectivity index (χ2v) is 4.25. The predicted molar refractivity (Wildman–Crippen MR) is 62.4 cm³/mol. The summed E-state index contributed by atoms with van der Waals surface area (Å²) in [5.41, 5.74) is 6.29. The molecule has 1 aliphatic rings. The lowest BCUT2D eigenvalue weighted by Crippen LogP contribution is -2.64. The van der Waals surface area contributed by atoms with Crippen molar-refractivity contribution in [3.63, 3.8) is 0 Å². The van der Waals surface area contributed by atoms with Gasteiger partial charge in [0.1, 0.15) is 5.54 Å². The fraction of sp³-hybridized carbons (Fsp3) is 0.417. The van der Waals surface area contributed by atoms with Crippen molar-refractivity contribution < 1.29 is 14.6 Å². The monoisotopic (exact) mass is 236 g/mol. The smallest absolute Gasteiger partial charge is 0.252 e. The summed E-state index contributed by atoms with van der Waals surface area (Å²) >= 11 is 0. The minimum Gasteiger partial charge on any atom is -0.394 e. The fourth-order valence-corrected chi connectivity index (χ4v) is 1.78. The highest BCUT2D eigenvalue weighted by Crippen LogP contribution is 2.17. The maximum Gasteiger partial charge on any atom is 0.252 e. The predicted octanol–water partition coefficient (Wildman–Crippen LogP) is -0.364. The van der Waals surface area contributed by atoms with E-state index < -0.39 is 5.54 Å². The van der Waals surface area contributed by atoms with E-state index in [1.165, 1.54) is 0 Å². The third kappa shape index (κ3) is 2.31. The molecule has 1 amide bonds. The van der Waals surface area contributed by atoms with E-state index in [0.29, 0.717) is 25.3 Å². The lowest BCUT2D eigenvalue weighted by atomic mass is 9.97. The summed E-state index contributed by atoms with van der Waals surface area (Å²) < 4.78 is 5.02. The second-order valence-electron chi connectivity index (χ2n) is 4.25. The van der Waals surface area contributed by atoms with E-state index in [2.05, 4.69) is 5.32 Å². The number of aliphatic hydroxyl groups excluding tert-OH is 1. The van der Waals surface area contributed by atoms with Gasteiger partial charge >= 0.3 is 0 Å². The van der Waals surface area contributed by atoms with Gasteiger partial charge in [-0.15, -0.1) is 0 Å². The number of aliphatic hydroxyl groups is 1. The van der Waals surface area contributed by atoms with Crippen molar-refractivity contribution in [2.45, 2.75) is 12.1 Å². The van der Waals surface area contributed by atoms with Crippen LogP contribution in [0.2, 0.25) is 0 Å². The molecule has 1 aromatic rings. The first-order valence-electron chi connectivity index (χ1n) is 5.50. The van der Waals surface area contributed by atoms with Crippen molar-refractivity contribution in [2.75, 3.05) is 19.8 Å². The van der Waals surface area contributed by atoms with Gasteiger partial charge in [0.05, 0.1) is 19.8 Å². The number of benzene rings is 1. The van der Waals surface area contributed by atoms with Crippen LogP contribution in [0.15, 0.2) is 24.3 Å². The Hall–Kier alpha value is -1.43. The molecule has 1 aliphatic heterocycles. The largest absolute Gasteiger partial charge is 0.394 e. The first kappa shape index (κ1) is 12.0. The van der Waals surface area contributed by atoms with Crippen LogP contribution in [0.4, 0.5) is 0 Å². The van der Waals surface area contributed by atoms with Gasteiger partial charge in [-0.1, -0.05) is 18.2 Å². The summed E-state index contributed by atoms with van der Waals surface area (Å²) in [5.74, 6) is -0.219. The van der Waals surface area contributed by atoms with Crippen molar-refractivity contribution in [1.29, 1.82) is 0 Å². The van der Waals surface area contributed by atoms with Gasteiger partial charge in [0.2, 0.25) is 0 Å². The molecule has 4 N–H and O–H groups in total. The zero-order valence-electron chi connectivity index (χ0n) is 9.48. The van der Waals surface area contributed by atoms with Crippen molar-refractivity contribution >= 4 is 5.91 Å². The average molecular weight is 236 g/mol. The van der Waals surface area contributed by atoms with Crippen LogP contribution in [-0.2, 0) is 11.3 Å². The summed E-state index contributed by atoms with van der Waals surface area (Å²) in [6.45, 7) is 0.885. The number of carbonyl (C=O) groups excluding carboxylic acids is 1. The van der Waals surface area contributed by atoms with Crippen LogP contribution in [0.1, 0.15) is 15.9 Å². The number of nitrogens with one attached hydrogen (secondary N) is 1. The molecule has 1 saturated heterocycles. The molecule has 2 rings (SSSR count). The van der Waals surface area contributed by atoms with Crippen molar-refractivity contribution in [3.05, 3.63) is 35.4 Å². The topological polar surface area (TPSA) is 84.6 Å². The average Bonchev–Trinajstić information content (AvgIpc) is 2.33. The van der Waals surface area contributed by atoms with Gasteiger partial charge in [-0.3, -0.25) is 4.79 Å². The lowest BCUT2D eigenvalue weighted by molar-refractivity contribution is -0.0919. The highest BCUT2D eigenvalue weighted by atomic mass is 16.5. The number of ether oxygens (including phenoxy) is 1. The third-order valence-corrected chi connectivity index (χ3v) is 2.92. The van der Waals surface area contributed by atoms with Crippen molar-refractivity contribution in [2.24, 2.45) is 5.73 Å². The summed E-state index contributed by atoms with van der Waals surface area (Å²) in [6, 6.07) is 7.17. The van der Waals surface area contributed by atoms with Crippen molar-refractivity contribution in [1.82, 2.24) is 5.32 Å². The third-order valence-electron chi connectivity index (χ3n) is 2.92. The van der Waals surface area contributed by atoms with E-state index in [4.69, 9.17) is 10.5 Å². The standard InChI is InChI=1S/C12H16N2O3/c13-5-9-3-1-2-4-10(9)11(16)14-12(6-15)7-17-8-12/h1-4,15H,5-8,13H2,(H,14,16). The molecular formula is C12H16N2O3. The summed E-state index contributed by atoms with van der Waals surface area (Å²) in [4.78, 5) is 12.1. The van der Waals surface area contributed by atoms with E-state index in [0.717, 1.165) is 5.56 Å². The number of hydrogen-bond donors (Lipinski definition) is 3. The molecule has 5 heteroatoms. The van der Waals surface area contributed by atoms with Gasteiger partial charge in [-0.05, 0) is 11.6 Å². The van der Waals surface area contributed by atoms with Crippen LogP contribution in [0, 0.1) is 0 Å². The summed E-state index contributed by atoms with van der Waals surface area (Å²) in [6.07, 6.45) is 0. The minimum absolute atomic E-state index is 0.121. The van der Waals surface area contributed by atoms with Gasteiger partial charge < -0.3 is 20.9 Å². The molecule has 0 unspecified atom stereocenters. The highest BCUT2D eigenvalue weighted by Gasteiger charge is 2.39. The number of amides is 1. The zero-order valence-corrected chi connectivity index (χ0v) is 9.48. The van der Waals surface area contributed by atoms with E-state index in [-0.39, 0.29) is 12.5 Å². The summed E-state index contributed by atoms with van der Waals surface area (Å²) in [7, 11) is 0. The number of nitrogens with two attached hydrogens (primary N) is 1. The zero-order chi connectivity index (χ0) is 12.3. The number of carbonyl (C=O) groups is 1. The van der Waals surface area contributed by atoms with Crippen LogP contribution in [0.5, 0.6) is 0 Å². The Morgan fingerprint density at radius 2 is 2.18 bits per heavy atom. The molecule has 1 heterocycles. The molecule has 92 valence electrons. The Morgan fingerprint density at radius 1 is 1.47 bits per heavy atom. The normalized spacial score (nSPS) is 17.3. The van der Waals surface area contributed by atoms with Crippen LogP contribution in [0.3, 0.4) is 0 Å². The van der Waals surface area contributed by atoms with Gasteiger partial charge in [0.25, 0.3) is 5.91 Å². The quantitative estimate of drug-likeness (QED) is 0.666. The van der Waals surface area contributed by atoms with Gasteiger partial charge in [0, 0.05) is 12.1 Å². The molecule has 0 aromatic heterocycles. The Labute approximate surface area is 99.6 Å². The molecule has 17 heavy (non-hydrogen) atoms. The molecule has 1 fully saturated rings. The van der Waals surface area contributed by atoms with Gasteiger partial charge in [0.15, 0.2) is 0 Å².